The minimum Gasteiger partial charge on any atom is -0.497 e. The molecular formula is C22H27N5O. The Morgan fingerprint density at radius 1 is 0.893 bits per heavy atom. The number of aromatic nitrogens is 2. The highest BCUT2D eigenvalue weighted by Gasteiger charge is 2.03. The number of ether oxygens (including phenoxy) is 1. The van der Waals surface area contributed by atoms with Crippen LogP contribution >= 0.6 is 0 Å². The predicted octanol–water partition coefficient (Wildman–Crippen LogP) is 4.69. The fourth-order valence-corrected chi connectivity index (χ4v) is 2.95. The zero-order valence-electron chi connectivity index (χ0n) is 16.6. The van der Waals surface area contributed by atoms with Crippen molar-refractivity contribution in [2.24, 2.45) is 0 Å². The second kappa shape index (κ2) is 9.60. The third-order valence-corrected chi connectivity index (χ3v) is 4.57. The van der Waals surface area contributed by atoms with Crippen molar-refractivity contribution in [1.82, 2.24) is 9.97 Å². The summed E-state index contributed by atoms with van der Waals surface area (Å²) in [5.41, 5.74) is 3.37. The first-order chi connectivity index (χ1) is 13.7. The summed E-state index contributed by atoms with van der Waals surface area (Å²) in [5.74, 6) is 2.38. The molecule has 0 aliphatic heterocycles. The van der Waals surface area contributed by atoms with Gasteiger partial charge in [0.25, 0.3) is 0 Å². The lowest BCUT2D eigenvalue weighted by atomic mass is 10.2. The Labute approximate surface area is 166 Å². The molecule has 1 heterocycles. The van der Waals surface area contributed by atoms with E-state index in [9.17, 15) is 0 Å². The molecule has 3 aromatic rings. The first-order valence-corrected chi connectivity index (χ1v) is 9.52. The Morgan fingerprint density at radius 2 is 1.57 bits per heavy atom. The van der Waals surface area contributed by atoms with E-state index in [1.54, 1.807) is 13.4 Å². The number of anilines is 4. The van der Waals surface area contributed by atoms with Gasteiger partial charge in [-0.25, -0.2) is 9.97 Å². The van der Waals surface area contributed by atoms with Crippen molar-refractivity contribution in [2.75, 3.05) is 35.7 Å². The van der Waals surface area contributed by atoms with Crippen molar-refractivity contribution in [1.29, 1.82) is 0 Å². The smallest absolute Gasteiger partial charge is 0.135 e. The van der Waals surface area contributed by atoms with Gasteiger partial charge in [0, 0.05) is 37.1 Å². The SMILES string of the molecule is CCN(CC)c1ccc(Nc2cc(NCc3ccc(OC)cc3)ncn2)cc1. The quantitative estimate of drug-likeness (QED) is 0.564. The summed E-state index contributed by atoms with van der Waals surface area (Å²) >= 11 is 0. The van der Waals surface area contributed by atoms with E-state index in [4.69, 9.17) is 4.74 Å². The van der Waals surface area contributed by atoms with Crippen molar-refractivity contribution in [3.05, 3.63) is 66.5 Å². The van der Waals surface area contributed by atoms with Crippen LogP contribution in [-0.4, -0.2) is 30.2 Å². The largest absolute Gasteiger partial charge is 0.497 e. The second-order valence-corrected chi connectivity index (χ2v) is 6.33. The molecular weight excluding hydrogens is 350 g/mol. The molecule has 0 saturated heterocycles. The lowest BCUT2D eigenvalue weighted by molar-refractivity contribution is 0.414. The number of nitrogens with zero attached hydrogens (tertiary/aromatic N) is 3. The summed E-state index contributed by atoms with van der Waals surface area (Å²) in [6.07, 6.45) is 1.56. The number of hydrogen-bond acceptors (Lipinski definition) is 6. The Hall–Kier alpha value is -3.28. The van der Waals surface area contributed by atoms with Gasteiger partial charge in [0.1, 0.15) is 23.7 Å². The summed E-state index contributed by atoms with van der Waals surface area (Å²) in [7, 11) is 1.67. The zero-order chi connectivity index (χ0) is 19.8. The van der Waals surface area contributed by atoms with Crippen LogP contribution in [0.25, 0.3) is 0 Å². The summed E-state index contributed by atoms with van der Waals surface area (Å²) in [6.45, 7) is 7.00. The van der Waals surface area contributed by atoms with Gasteiger partial charge in [-0.15, -0.1) is 0 Å². The van der Waals surface area contributed by atoms with Crippen LogP contribution in [0.3, 0.4) is 0 Å². The van der Waals surface area contributed by atoms with Crippen LogP contribution in [0.15, 0.2) is 60.9 Å². The van der Waals surface area contributed by atoms with Crippen LogP contribution < -0.4 is 20.3 Å². The highest BCUT2D eigenvalue weighted by molar-refractivity contribution is 5.62. The van der Waals surface area contributed by atoms with Gasteiger partial charge in [-0.05, 0) is 55.8 Å². The summed E-state index contributed by atoms with van der Waals surface area (Å²) in [5, 5.41) is 6.66. The normalized spacial score (nSPS) is 10.4. The molecule has 0 aliphatic rings. The molecule has 2 N–H and O–H groups in total. The minimum atomic E-state index is 0.680. The summed E-state index contributed by atoms with van der Waals surface area (Å²) in [4.78, 5) is 10.9. The molecule has 0 saturated carbocycles. The number of methoxy groups -OCH3 is 1. The van der Waals surface area contributed by atoms with Crippen molar-refractivity contribution in [3.8, 4) is 5.75 Å². The Balaban J connectivity index is 1.61. The van der Waals surface area contributed by atoms with Gasteiger partial charge >= 0.3 is 0 Å². The molecule has 2 aromatic carbocycles. The van der Waals surface area contributed by atoms with Gasteiger partial charge < -0.3 is 20.3 Å². The molecule has 0 aliphatic carbocycles. The molecule has 146 valence electrons. The standard InChI is InChI=1S/C22H27N5O/c1-4-27(5-2)19-10-8-18(9-11-19)26-22-14-21(24-16-25-22)23-15-17-6-12-20(28-3)13-7-17/h6-14,16H,4-5,15H2,1-3H3,(H2,23,24,25,26). The van der Waals surface area contributed by atoms with E-state index in [1.807, 2.05) is 30.3 Å². The van der Waals surface area contributed by atoms with E-state index >= 15 is 0 Å². The molecule has 0 fully saturated rings. The maximum atomic E-state index is 5.19. The van der Waals surface area contributed by atoms with E-state index in [0.717, 1.165) is 41.7 Å². The highest BCUT2D eigenvalue weighted by atomic mass is 16.5. The van der Waals surface area contributed by atoms with Gasteiger partial charge in [-0.2, -0.15) is 0 Å². The highest BCUT2D eigenvalue weighted by Crippen LogP contribution is 2.21. The molecule has 0 bridgehead atoms. The number of hydrogen-bond donors (Lipinski definition) is 2. The third kappa shape index (κ3) is 5.13. The second-order valence-electron chi connectivity index (χ2n) is 6.33. The summed E-state index contributed by atoms with van der Waals surface area (Å²) < 4.78 is 5.19. The van der Waals surface area contributed by atoms with Crippen LogP contribution in [0.1, 0.15) is 19.4 Å². The van der Waals surface area contributed by atoms with Crippen LogP contribution in [0.4, 0.5) is 23.0 Å². The van der Waals surface area contributed by atoms with Crippen LogP contribution in [0, 0.1) is 0 Å². The number of rotatable bonds is 9. The van der Waals surface area contributed by atoms with Crippen molar-refractivity contribution in [3.63, 3.8) is 0 Å². The van der Waals surface area contributed by atoms with Gasteiger partial charge in [0.05, 0.1) is 7.11 Å². The number of benzene rings is 2. The fraction of sp³-hybridized carbons (Fsp3) is 0.273. The van der Waals surface area contributed by atoms with Crippen LogP contribution in [0.5, 0.6) is 5.75 Å². The number of nitrogens with one attached hydrogen (secondary N) is 2. The van der Waals surface area contributed by atoms with Gasteiger partial charge in [0.2, 0.25) is 0 Å². The Morgan fingerprint density at radius 3 is 2.21 bits per heavy atom. The molecule has 28 heavy (non-hydrogen) atoms. The Bertz CT molecular complexity index is 861. The van der Waals surface area contributed by atoms with E-state index < -0.39 is 0 Å². The maximum Gasteiger partial charge on any atom is 0.135 e. The van der Waals surface area contributed by atoms with Gasteiger partial charge in [-0.3, -0.25) is 0 Å². The third-order valence-electron chi connectivity index (χ3n) is 4.57. The molecule has 3 rings (SSSR count). The van der Waals surface area contributed by atoms with Crippen LogP contribution in [0.2, 0.25) is 0 Å². The van der Waals surface area contributed by atoms with E-state index in [1.165, 1.54) is 5.69 Å². The lowest BCUT2D eigenvalue weighted by Gasteiger charge is -2.21. The maximum absolute atomic E-state index is 5.19. The van der Waals surface area contributed by atoms with Crippen molar-refractivity contribution >= 4 is 23.0 Å². The molecule has 0 unspecified atom stereocenters. The molecule has 0 spiro atoms. The molecule has 0 radical (unpaired) electrons. The van der Waals surface area contributed by atoms with Crippen LogP contribution in [-0.2, 0) is 6.54 Å². The predicted molar refractivity (Wildman–Crippen MR) is 116 cm³/mol. The fourth-order valence-electron chi connectivity index (χ4n) is 2.95. The molecule has 6 nitrogen and oxygen atoms in total. The zero-order valence-corrected chi connectivity index (χ0v) is 16.6. The first kappa shape index (κ1) is 19.5. The van der Waals surface area contributed by atoms with Crippen molar-refractivity contribution in [2.45, 2.75) is 20.4 Å². The Kier molecular flexibility index (Phi) is 6.68. The average Bonchev–Trinajstić information content (AvgIpc) is 2.75. The van der Waals surface area contributed by atoms with Crippen molar-refractivity contribution < 1.29 is 4.74 Å². The van der Waals surface area contributed by atoms with E-state index in [2.05, 4.69) is 63.6 Å². The average molecular weight is 377 g/mol. The molecule has 0 atom stereocenters. The lowest BCUT2D eigenvalue weighted by Crippen LogP contribution is -2.21. The van der Waals surface area contributed by atoms with Gasteiger partial charge in [0.15, 0.2) is 0 Å². The molecule has 1 aromatic heterocycles. The minimum absolute atomic E-state index is 0.680. The molecule has 6 heteroatoms. The monoisotopic (exact) mass is 377 g/mol. The summed E-state index contributed by atoms with van der Waals surface area (Å²) in [6, 6.07) is 18.3. The van der Waals surface area contributed by atoms with E-state index in [-0.39, 0.29) is 0 Å². The molecule has 0 amide bonds. The first-order valence-electron chi connectivity index (χ1n) is 9.52. The van der Waals surface area contributed by atoms with E-state index in [0.29, 0.717) is 6.54 Å². The van der Waals surface area contributed by atoms with Gasteiger partial charge in [-0.1, -0.05) is 12.1 Å². The topological polar surface area (TPSA) is 62.3 Å².